The van der Waals surface area contributed by atoms with Gasteiger partial charge in [-0.15, -0.1) is 11.8 Å². The molecule has 31 heavy (non-hydrogen) atoms. The third-order valence-electron chi connectivity index (χ3n) is 6.24. The Balaban J connectivity index is 1.54. The first-order chi connectivity index (χ1) is 14.9. The molecule has 2 aliphatic heterocycles. The van der Waals surface area contributed by atoms with Crippen molar-refractivity contribution in [2.45, 2.75) is 48.4 Å². The van der Waals surface area contributed by atoms with E-state index in [1.54, 1.807) is 12.1 Å². The van der Waals surface area contributed by atoms with Crippen LogP contribution in [0.1, 0.15) is 32.6 Å². The first-order valence-electron chi connectivity index (χ1n) is 10.8. The van der Waals surface area contributed by atoms with Crippen LogP contribution < -0.4 is 10.2 Å². The number of amides is 2. The maximum absolute atomic E-state index is 13.1. The van der Waals surface area contributed by atoms with E-state index in [9.17, 15) is 18.0 Å². The number of fused-ring (bicyclic) bond motifs is 1. The Bertz CT molecular complexity index is 946. The summed E-state index contributed by atoms with van der Waals surface area (Å²) in [7, 11) is -3.69. The molecule has 1 aromatic carbocycles. The summed E-state index contributed by atoms with van der Waals surface area (Å²) in [4.78, 5) is 27.8. The highest BCUT2D eigenvalue weighted by atomic mass is 32.2. The zero-order valence-corrected chi connectivity index (χ0v) is 19.3. The van der Waals surface area contributed by atoms with Gasteiger partial charge in [-0.1, -0.05) is 19.8 Å². The molecule has 1 N–H and O–H groups in total. The molecule has 0 radical (unpaired) electrons. The van der Waals surface area contributed by atoms with Gasteiger partial charge in [0.15, 0.2) is 0 Å². The zero-order chi connectivity index (χ0) is 22.0. The Morgan fingerprint density at radius 3 is 2.71 bits per heavy atom. The number of ether oxygens (including phenoxy) is 1. The smallest absolute Gasteiger partial charge is 0.243 e. The van der Waals surface area contributed by atoms with Gasteiger partial charge in [0.25, 0.3) is 0 Å². The van der Waals surface area contributed by atoms with E-state index in [0.717, 1.165) is 24.2 Å². The van der Waals surface area contributed by atoms with Gasteiger partial charge in [-0.05, 0) is 37.0 Å². The fraction of sp³-hybridized carbons (Fsp3) is 0.619. The molecule has 8 nitrogen and oxygen atoms in total. The van der Waals surface area contributed by atoms with Crippen molar-refractivity contribution in [3.63, 3.8) is 0 Å². The number of nitrogens with one attached hydrogen (secondary N) is 1. The average molecular weight is 468 g/mol. The lowest BCUT2D eigenvalue weighted by Gasteiger charge is -2.32. The molecule has 1 aromatic rings. The second-order valence-corrected chi connectivity index (χ2v) is 11.3. The van der Waals surface area contributed by atoms with E-state index in [1.165, 1.54) is 33.5 Å². The minimum atomic E-state index is -3.69. The lowest BCUT2D eigenvalue weighted by molar-refractivity contribution is -0.123. The van der Waals surface area contributed by atoms with Crippen LogP contribution in [0.3, 0.4) is 0 Å². The molecule has 1 aliphatic carbocycles. The second kappa shape index (κ2) is 9.48. The Labute approximate surface area is 187 Å². The van der Waals surface area contributed by atoms with E-state index in [-0.39, 0.29) is 35.0 Å². The molecule has 2 atom stereocenters. The summed E-state index contributed by atoms with van der Waals surface area (Å²) < 4.78 is 32.8. The zero-order valence-electron chi connectivity index (χ0n) is 17.7. The van der Waals surface area contributed by atoms with Crippen molar-refractivity contribution in [1.82, 2.24) is 9.62 Å². The van der Waals surface area contributed by atoms with Gasteiger partial charge in [-0.25, -0.2) is 8.42 Å². The number of carbonyl (C=O) groups is 2. The highest BCUT2D eigenvalue weighted by molar-refractivity contribution is 8.00. The highest BCUT2D eigenvalue weighted by Crippen LogP contribution is 2.37. The summed E-state index contributed by atoms with van der Waals surface area (Å²) in [6.45, 7) is 3.38. The van der Waals surface area contributed by atoms with Gasteiger partial charge < -0.3 is 15.0 Å². The van der Waals surface area contributed by atoms with Crippen LogP contribution in [0.15, 0.2) is 28.0 Å². The van der Waals surface area contributed by atoms with E-state index in [4.69, 9.17) is 4.74 Å². The van der Waals surface area contributed by atoms with E-state index in [2.05, 4.69) is 12.2 Å². The number of sulfonamides is 1. The van der Waals surface area contributed by atoms with Crippen molar-refractivity contribution < 1.29 is 22.7 Å². The van der Waals surface area contributed by atoms with Gasteiger partial charge in [0.2, 0.25) is 21.8 Å². The number of rotatable bonds is 5. The molecule has 3 aliphatic rings. The van der Waals surface area contributed by atoms with E-state index < -0.39 is 10.0 Å². The van der Waals surface area contributed by atoms with Crippen molar-refractivity contribution in [2.24, 2.45) is 5.92 Å². The van der Waals surface area contributed by atoms with Crippen molar-refractivity contribution in [3.05, 3.63) is 18.2 Å². The molecule has 1 saturated carbocycles. The first-order valence-corrected chi connectivity index (χ1v) is 13.2. The van der Waals surface area contributed by atoms with Crippen LogP contribution in [-0.4, -0.2) is 69.2 Å². The van der Waals surface area contributed by atoms with Crippen LogP contribution in [-0.2, 0) is 24.3 Å². The largest absolute Gasteiger partial charge is 0.379 e. The van der Waals surface area contributed by atoms with Crippen LogP contribution in [0.5, 0.6) is 0 Å². The number of anilines is 1. The van der Waals surface area contributed by atoms with Crippen LogP contribution in [0.4, 0.5) is 5.69 Å². The maximum atomic E-state index is 13.1. The summed E-state index contributed by atoms with van der Waals surface area (Å²) in [6.07, 6.45) is 4.33. The summed E-state index contributed by atoms with van der Waals surface area (Å²) in [5, 5.41) is 3.08. The number of benzene rings is 1. The third kappa shape index (κ3) is 4.92. The number of carbonyl (C=O) groups excluding carboxylic acids is 2. The number of nitrogens with zero attached hydrogens (tertiary/aromatic N) is 2. The Hall–Kier alpha value is -1.62. The minimum Gasteiger partial charge on any atom is -0.379 e. The van der Waals surface area contributed by atoms with E-state index in [1.807, 2.05) is 0 Å². The monoisotopic (exact) mass is 467 g/mol. The molecule has 0 unspecified atom stereocenters. The molecule has 170 valence electrons. The van der Waals surface area contributed by atoms with Gasteiger partial charge in [-0.3, -0.25) is 9.59 Å². The minimum absolute atomic E-state index is 0.101. The second-order valence-electron chi connectivity index (χ2n) is 8.35. The number of hydrogen-bond acceptors (Lipinski definition) is 6. The summed E-state index contributed by atoms with van der Waals surface area (Å²) in [5.74, 6) is 0.259. The standard InChI is InChI=1S/C21H29N3O5S2/c1-15-4-2-3-5-17(15)22-20(25)13-24-18-12-16(6-7-19(18)30-14-21(24)26)31(27,28)23-8-10-29-11-9-23/h6-7,12,15,17H,2-5,8-11,13-14H2,1H3,(H,22,25)/t15-,17-/m1/s1. The number of hydrogen-bond donors (Lipinski definition) is 1. The van der Waals surface area contributed by atoms with Crippen LogP contribution >= 0.6 is 11.8 Å². The van der Waals surface area contributed by atoms with Crippen LogP contribution in [0.2, 0.25) is 0 Å². The van der Waals surface area contributed by atoms with E-state index >= 15 is 0 Å². The number of morpholine rings is 1. The SMILES string of the molecule is C[C@@H]1CCCC[C@H]1NC(=O)CN1C(=O)CSc2ccc(S(=O)(=O)N3CCOCC3)cc21. The molecule has 10 heteroatoms. The molecular weight excluding hydrogens is 438 g/mol. The molecule has 1 saturated heterocycles. The van der Waals surface area contributed by atoms with Gasteiger partial charge >= 0.3 is 0 Å². The van der Waals surface area contributed by atoms with Crippen molar-refractivity contribution in [1.29, 1.82) is 0 Å². The summed E-state index contributed by atoms with van der Waals surface area (Å²) in [5.41, 5.74) is 0.488. The molecule has 0 aromatic heterocycles. The van der Waals surface area contributed by atoms with Crippen molar-refractivity contribution in [2.75, 3.05) is 43.5 Å². The van der Waals surface area contributed by atoms with Crippen molar-refractivity contribution >= 4 is 39.3 Å². The van der Waals surface area contributed by atoms with Gasteiger partial charge in [0, 0.05) is 24.0 Å². The van der Waals surface area contributed by atoms with Gasteiger partial charge in [0.1, 0.15) is 6.54 Å². The molecule has 2 fully saturated rings. The molecule has 4 rings (SSSR count). The quantitative estimate of drug-likeness (QED) is 0.710. The average Bonchev–Trinajstić information content (AvgIpc) is 2.77. The Kier molecular flexibility index (Phi) is 6.90. The summed E-state index contributed by atoms with van der Waals surface area (Å²) >= 11 is 1.37. The summed E-state index contributed by atoms with van der Waals surface area (Å²) in [6, 6.07) is 4.96. The van der Waals surface area contributed by atoms with Crippen LogP contribution in [0.25, 0.3) is 0 Å². The molecule has 0 bridgehead atoms. The normalized spacial score (nSPS) is 25.2. The predicted molar refractivity (Wildman–Crippen MR) is 119 cm³/mol. The van der Waals surface area contributed by atoms with Gasteiger partial charge in [0.05, 0.1) is 29.5 Å². The molecule has 0 spiro atoms. The first kappa shape index (κ1) is 22.6. The maximum Gasteiger partial charge on any atom is 0.243 e. The topological polar surface area (TPSA) is 96.0 Å². The lowest BCUT2D eigenvalue weighted by atomic mass is 9.86. The Morgan fingerprint density at radius 2 is 1.97 bits per heavy atom. The Morgan fingerprint density at radius 1 is 1.23 bits per heavy atom. The fourth-order valence-electron chi connectivity index (χ4n) is 4.38. The van der Waals surface area contributed by atoms with Gasteiger partial charge in [-0.2, -0.15) is 4.31 Å². The fourth-order valence-corrected chi connectivity index (χ4v) is 6.72. The third-order valence-corrected chi connectivity index (χ3v) is 9.18. The van der Waals surface area contributed by atoms with Crippen molar-refractivity contribution in [3.8, 4) is 0 Å². The molecule has 2 heterocycles. The highest BCUT2D eigenvalue weighted by Gasteiger charge is 2.32. The lowest BCUT2D eigenvalue weighted by Crippen LogP contribution is -2.48. The number of thioether (sulfide) groups is 1. The molecular formula is C21H29N3O5S2. The van der Waals surface area contributed by atoms with E-state index in [0.29, 0.717) is 37.9 Å². The predicted octanol–water partition coefficient (Wildman–Crippen LogP) is 1.84. The van der Waals surface area contributed by atoms with Crippen LogP contribution in [0, 0.1) is 5.92 Å². The molecule has 2 amide bonds.